The Kier molecular flexibility index (Phi) is 3.53. The zero-order valence-electron chi connectivity index (χ0n) is 8.71. The van der Waals surface area contributed by atoms with Gasteiger partial charge in [0, 0.05) is 25.7 Å². The second-order valence-electron chi connectivity index (χ2n) is 4.20. The summed E-state index contributed by atoms with van der Waals surface area (Å²) in [5.74, 6) is 0.757. The van der Waals surface area contributed by atoms with Gasteiger partial charge in [0.1, 0.15) is 0 Å². The summed E-state index contributed by atoms with van der Waals surface area (Å²) >= 11 is 0. The van der Waals surface area contributed by atoms with E-state index in [1.165, 1.54) is 13.0 Å². The largest absolute Gasteiger partial charge is 0.384 e. The summed E-state index contributed by atoms with van der Waals surface area (Å²) in [5.41, 5.74) is 0. The van der Waals surface area contributed by atoms with Gasteiger partial charge in [0.15, 0.2) is 0 Å². The van der Waals surface area contributed by atoms with Crippen LogP contribution in [0, 0.1) is 5.92 Å². The van der Waals surface area contributed by atoms with Crippen LogP contribution in [0.3, 0.4) is 0 Å². The number of rotatable bonds is 3. The van der Waals surface area contributed by atoms with Crippen molar-refractivity contribution in [2.24, 2.45) is 5.92 Å². The van der Waals surface area contributed by atoms with Crippen LogP contribution in [0.25, 0.3) is 0 Å². The topological polar surface area (TPSA) is 12.5 Å². The summed E-state index contributed by atoms with van der Waals surface area (Å²) in [7, 11) is 1.79. The maximum absolute atomic E-state index is 5.18. The minimum Gasteiger partial charge on any atom is -0.384 e. The molecule has 12 heavy (non-hydrogen) atoms. The molecule has 0 radical (unpaired) electrons. The molecule has 0 aromatic carbocycles. The first-order chi connectivity index (χ1) is 5.65. The second kappa shape index (κ2) is 4.24. The number of nitrogens with zero attached hydrogens (tertiary/aromatic N) is 1. The normalized spacial score (nSPS) is 31.8. The van der Waals surface area contributed by atoms with Crippen molar-refractivity contribution in [3.63, 3.8) is 0 Å². The van der Waals surface area contributed by atoms with Crippen molar-refractivity contribution in [3.05, 3.63) is 0 Å². The number of ether oxygens (including phenoxy) is 1. The van der Waals surface area contributed by atoms with E-state index in [0.29, 0.717) is 6.04 Å². The van der Waals surface area contributed by atoms with Crippen molar-refractivity contribution in [1.29, 1.82) is 0 Å². The first kappa shape index (κ1) is 10.0. The monoisotopic (exact) mass is 171 g/mol. The molecule has 0 aromatic heterocycles. The number of hydrogen-bond donors (Lipinski definition) is 0. The molecule has 0 aromatic rings. The van der Waals surface area contributed by atoms with Crippen LogP contribution in [0.5, 0.6) is 0 Å². The van der Waals surface area contributed by atoms with Crippen molar-refractivity contribution < 1.29 is 4.74 Å². The van der Waals surface area contributed by atoms with E-state index in [1.54, 1.807) is 7.11 Å². The smallest absolute Gasteiger partial charge is 0.0503 e. The molecule has 0 saturated carbocycles. The quantitative estimate of drug-likeness (QED) is 0.641. The Labute approximate surface area is 75.9 Å². The summed E-state index contributed by atoms with van der Waals surface area (Å²) in [6.45, 7) is 8.99. The first-order valence-corrected chi connectivity index (χ1v) is 4.89. The molecule has 2 heteroatoms. The van der Waals surface area contributed by atoms with Gasteiger partial charge in [-0.05, 0) is 33.1 Å². The molecular formula is C10H21NO. The lowest BCUT2D eigenvalue weighted by Gasteiger charge is -2.25. The predicted octanol–water partition coefficient (Wildman–Crippen LogP) is 1.75. The van der Waals surface area contributed by atoms with Crippen LogP contribution in [-0.2, 0) is 4.74 Å². The fourth-order valence-corrected chi connectivity index (χ4v) is 2.25. The van der Waals surface area contributed by atoms with Crippen molar-refractivity contribution in [2.45, 2.75) is 39.3 Å². The molecule has 1 saturated heterocycles. The Morgan fingerprint density at radius 1 is 1.50 bits per heavy atom. The molecule has 1 rings (SSSR count). The van der Waals surface area contributed by atoms with Crippen LogP contribution in [0.4, 0.5) is 0 Å². The summed E-state index contributed by atoms with van der Waals surface area (Å²) in [6.07, 6.45) is 1.30. The Morgan fingerprint density at radius 3 is 2.58 bits per heavy atom. The summed E-state index contributed by atoms with van der Waals surface area (Å²) in [6, 6.07) is 1.42. The summed E-state index contributed by atoms with van der Waals surface area (Å²) in [4.78, 5) is 2.56. The average molecular weight is 171 g/mol. The van der Waals surface area contributed by atoms with Crippen LogP contribution in [0.2, 0.25) is 0 Å². The van der Waals surface area contributed by atoms with Gasteiger partial charge in [-0.15, -0.1) is 0 Å². The van der Waals surface area contributed by atoms with E-state index in [1.807, 2.05) is 0 Å². The predicted molar refractivity (Wildman–Crippen MR) is 51.3 cm³/mol. The van der Waals surface area contributed by atoms with Crippen LogP contribution < -0.4 is 0 Å². The zero-order chi connectivity index (χ0) is 9.14. The van der Waals surface area contributed by atoms with E-state index in [0.717, 1.165) is 18.6 Å². The fourth-order valence-electron chi connectivity index (χ4n) is 2.25. The standard InChI is InChI=1S/C10H21NO/c1-8(2)11-6-10(7-12-4)5-9(11)3/h8-10H,5-7H2,1-4H3. The van der Waals surface area contributed by atoms with E-state index in [4.69, 9.17) is 4.74 Å². The highest BCUT2D eigenvalue weighted by Gasteiger charge is 2.29. The molecule has 72 valence electrons. The third kappa shape index (κ3) is 2.20. The highest BCUT2D eigenvalue weighted by atomic mass is 16.5. The minimum absolute atomic E-state index is 0.682. The maximum atomic E-state index is 5.18. The van der Waals surface area contributed by atoms with E-state index >= 15 is 0 Å². The lowest BCUT2D eigenvalue weighted by Crippen LogP contribution is -2.33. The molecule has 1 aliphatic rings. The van der Waals surface area contributed by atoms with Gasteiger partial charge in [0.25, 0.3) is 0 Å². The van der Waals surface area contributed by atoms with Crippen LogP contribution in [0.15, 0.2) is 0 Å². The highest BCUT2D eigenvalue weighted by Crippen LogP contribution is 2.24. The van der Waals surface area contributed by atoms with Gasteiger partial charge in [-0.3, -0.25) is 4.90 Å². The van der Waals surface area contributed by atoms with Gasteiger partial charge in [0.05, 0.1) is 6.61 Å². The highest BCUT2D eigenvalue weighted by molar-refractivity contribution is 4.83. The number of methoxy groups -OCH3 is 1. The Bertz CT molecular complexity index is 136. The molecule has 1 fully saturated rings. The van der Waals surface area contributed by atoms with Crippen molar-refractivity contribution >= 4 is 0 Å². The molecule has 0 N–H and O–H groups in total. The molecule has 0 spiro atoms. The molecule has 0 bridgehead atoms. The first-order valence-electron chi connectivity index (χ1n) is 4.89. The summed E-state index contributed by atoms with van der Waals surface area (Å²) < 4.78 is 5.18. The van der Waals surface area contributed by atoms with Gasteiger partial charge in [-0.2, -0.15) is 0 Å². The Morgan fingerprint density at radius 2 is 2.17 bits per heavy atom. The zero-order valence-corrected chi connectivity index (χ0v) is 8.71. The van der Waals surface area contributed by atoms with E-state index < -0.39 is 0 Å². The molecule has 2 nitrogen and oxygen atoms in total. The molecule has 0 aliphatic carbocycles. The average Bonchev–Trinajstić information content (AvgIpc) is 2.32. The minimum atomic E-state index is 0.682. The third-order valence-electron chi connectivity index (χ3n) is 2.78. The maximum Gasteiger partial charge on any atom is 0.0503 e. The van der Waals surface area contributed by atoms with Gasteiger partial charge < -0.3 is 4.74 Å². The van der Waals surface area contributed by atoms with Gasteiger partial charge in [-0.1, -0.05) is 0 Å². The third-order valence-corrected chi connectivity index (χ3v) is 2.78. The molecule has 1 heterocycles. The van der Waals surface area contributed by atoms with Gasteiger partial charge >= 0.3 is 0 Å². The fraction of sp³-hybridized carbons (Fsp3) is 1.00. The number of hydrogen-bond acceptors (Lipinski definition) is 2. The van der Waals surface area contributed by atoms with E-state index in [2.05, 4.69) is 25.7 Å². The van der Waals surface area contributed by atoms with Crippen molar-refractivity contribution in [2.75, 3.05) is 20.3 Å². The van der Waals surface area contributed by atoms with E-state index in [9.17, 15) is 0 Å². The van der Waals surface area contributed by atoms with Crippen molar-refractivity contribution in [1.82, 2.24) is 4.90 Å². The van der Waals surface area contributed by atoms with Crippen LogP contribution >= 0.6 is 0 Å². The van der Waals surface area contributed by atoms with Crippen LogP contribution in [-0.4, -0.2) is 37.2 Å². The molecule has 2 atom stereocenters. The SMILES string of the molecule is COCC1CC(C)N(C(C)C)C1. The number of likely N-dealkylation sites (tertiary alicyclic amines) is 1. The molecule has 2 unspecified atom stereocenters. The van der Waals surface area contributed by atoms with Gasteiger partial charge in [-0.25, -0.2) is 0 Å². The Balaban J connectivity index is 2.39. The Hall–Kier alpha value is -0.0800. The molecule has 0 amide bonds. The molecule has 1 aliphatic heterocycles. The van der Waals surface area contributed by atoms with Crippen LogP contribution in [0.1, 0.15) is 27.2 Å². The summed E-state index contributed by atoms with van der Waals surface area (Å²) in [5, 5.41) is 0. The van der Waals surface area contributed by atoms with E-state index in [-0.39, 0.29) is 0 Å². The van der Waals surface area contributed by atoms with Crippen molar-refractivity contribution in [3.8, 4) is 0 Å². The second-order valence-corrected chi connectivity index (χ2v) is 4.20. The lowest BCUT2D eigenvalue weighted by atomic mass is 10.1. The molecular weight excluding hydrogens is 150 g/mol. The van der Waals surface area contributed by atoms with Gasteiger partial charge in [0.2, 0.25) is 0 Å². The lowest BCUT2D eigenvalue weighted by molar-refractivity contribution is 0.148.